The summed E-state index contributed by atoms with van der Waals surface area (Å²) >= 11 is 0. The first-order valence-corrected chi connectivity index (χ1v) is 8.26. The first-order chi connectivity index (χ1) is 11.4. The van der Waals surface area contributed by atoms with Gasteiger partial charge in [-0.3, -0.25) is 9.69 Å². The van der Waals surface area contributed by atoms with E-state index in [1.165, 1.54) is 12.1 Å². The fourth-order valence-corrected chi connectivity index (χ4v) is 2.93. The third-order valence-electron chi connectivity index (χ3n) is 4.10. The molecule has 0 atom stereocenters. The van der Waals surface area contributed by atoms with Crippen molar-refractivity contribution in [1.29, 1.82) is 0 Å². The Morgan fingerprint density at radius 3 is 2.36 bits per heavy atom. The number of anilines is 1. The minimum absolute atomic E-state index is 0.129. The summed E-state index contributed by atoms with van der Waals surface area (Å²) < 4.78 is 19.5. The van der Waals surface area contributed by atoms with Crippen molar-refractivity contribution >= 4 is 17.7 Å². The quantitative estimate of drug-likeness (QED) is 0.889. The molecule has 2 amide bonds. The summed E-state index contributed by atoms with van der Waals surface area (Å²) in [5.41, 5.74) is 4.62. The van der Waals surface area contributed by atoms with E-state index < -0.39 is 22.9 Å². The lowest BCUT2D eigenvalue weighted by molar-refractivity contribution is 0.000358. The molecule has 0 saturated carbocycles. The smallest absolute Gasteiger partial charge is 0.410 e. The molecular formula is C18H26FN3O3. The van der Waals surface area contributed by atoms with Crippen LogP contribution in [0.25, 0.3) is 0 Å². The van der Waals surface area contributed by atoms with Gasteiger partial charge in [0.25, 0.3) is 5.91 Å². The molecule has 1 fully saturated rings. The molecule has 0 aliphatic carbocycles. The number of amides is 2. The van der Waals surface area contributed by atoms with Crippen LogP contribution in [-0.2, 0) is 4.74 Å². The number of benzene rings is 1. The molecule has 25 heavy (non-hydrogen) atoms. The lowest BCUT2D eigenvalue weighted by atomic mass is 9.98. The Kier molecular flexibility index (Phi) is 4.97. The second-order valence-corrected chi connectivity index (χ2v) is 7.89. The summed E-state index contributed by atoms with van der Waals surface area (Å²) in [7, 11) is 0. The van der Waals surface area contributed by atoms with Crippen molar-refractivity contribution in [2.75, 3.05) is 24.5 Å². The third kappa shape index (κ3) is 4.41. The van der Waals surface area contributed by atoms with Crippen molar-refractivity contribution < 1.29 is 18.7 Å². The van der Waals surface area contributed by atoms with Crippen molar-refractivity contribution in [1.82, 2.24) is 4.90 Å². The van der Waals surface area contributed by atoms with Crippen LogP contribution in [0.2, 0.25) is 0 Å². The number of halogens is 1. The first-order valence-electron chi connectivity index (χ1n) is 8.26. The fourth-order valence-electron chi connectivity index (χ4n) is 2.93. The van der Waals surface area contributed by atoms with Crippen LogP contribution in [0.5, 0.6) is 0 Å². The molecule has 0 radical (unpaired) electrons. The number of rotatable bonds is 2. The zero-order chi connectivity index (χ0) is 19.0. The van der Waals surface area contributed by atoms with Gasteiger partial charge in [0.1, 0.15) is 11.4 Å². The number of nitrogens with two attached hydrogens (primary N) is 1. The van der Waals surface area contributed by atoms with Gasteiger partial charge in [0, 0.05) is 25.3 Å². The van der Waals surface area contributed by atoms with Crippen LogP contribution in [0, 0.1) is 5.82 Å². The summed E-state index contributed by atoms with van der Waals surface area (Å²) in [4.78, 5) is 27.3. The number of carbonyl (C=O) groups excluding carboxylic acids is 2. The van der Waals surface area contributed by atoms with Crippen LogP contribution in [0.1, 0.15) is 45.0 Å². The Bertz CT molecular complexity index is 683. The minimum Gasteiger partial charge on any atom is -0.444 e. The number of hydrogen-bond acceptors (Lipinski definition) is 4. The lowest BCUT2D eigenvalue weighted by Gasteiger charge is -2.47. The highest BCUT2D eigenvalue weighted by atomic mass is 19.1. The standard InChI is InChI=1S/C18H26FN3O3/c1-17(2,3)25-16(24)22-9-8-21(11-18(22,4)5)12-6-7-13(15(20)23)14(19)10-12/h6-7,10H,8-9,11H2,1-5H3,(H2,20,23). The van der Waals surface area contributed by atoms with E-state index in [9.17, 15) is 14.0 Å². The third-order valence-corrected chi connectivity index (χ3v) is 4.10. The molecule has 0 bridgehead atoms. The Labute approximate surface area is 147 Å². The van der Waals surface area contributed by atoms with E-state index in [-0.39, 0.29) is 11.7 Å². The molecule has 0 unspecified atom stereocenters. The molecule has 7 heteroatoms. The Morgan fingerprint density at radius 2 is 1.88 bits per heavy atom. The van der Waals surface area contributed by atoms with E-state index >= 15 is 0 Å². The van der Waals surface area contributed by atoms with Crippen molar-refractivity contribution in [3.63, 3.8) is 0 Å². The van der Waals surface area contributed by atoms with Crippen molar-refractivity contribution in [2.45, 2.75) is 45.8 Å². The topological polar surface area (TPSA) is 75.9 Å². The Balaban J connectivity index is 2.16. The van der Waals surface area contributed by atoms with Crippen molar-refractivity contribution in [3.8, 4) is 0 Å². The van der Waals surface area contributed by atoms with Crippen LogP contribution in [0.15, 0.2) is 18.2 Å². The molecule has 2 rings (SSSR count). The first kappa shape index (κ1) is 19.0. The predicted molar refractivity (Wildman–Crippen MR) is 94.1 cm³/mol. The van der Waals surface area contributed by atoms with E-state index in [0.717, 1.165) is 0 Å². The van der Waals surface area contributed by atoms with Crippen LogP contribution in [-0.4, -0.2) is 47.7 Å². The van der Waals surface area contributed by atoms with E-state index in [1.54, 1.807) is 11.0 Å². The second kappa shape index (κ2) is 6.54. The number of hydrogen-bond donors (Lipinski definition) is 1. The summed E-state index contributed by atoms with van der Waals surface area (Å²) in [5.74, 6) is -1.43. The average molecular weight is 351 g/mol. The molecule has 138 valence electrons. The maximum Gasteiger partial charge on any atom is 0.410 e. The highest BCUT2D eigenvalue weighted by molar-refractivity contribution is 5.93. The zero-order valence-corrected chi connectivity index (χ0v) is 15.4. The van der Waals surface area contributed by atoms with Crippen LogP contribution in [0.3, 0.4) is 0 Å². The lowest BCUT2D eigenvalue weighted by Crippen LogP contribution is -2.61. The maximum atomic E-state index is 14.0. The molecule has 1 saturated heterocycles. The average Bonchev–Trinajstić information content (AvgIpc) is 2.43. The fraction of sp³-hybridized carbons (Fsp3) is 0.556. The van der Waals surface area contributed by atoms with E-state index in [4.69, 9.17) is 10.5 Å². The van der Waals surface area contributed by atoms with Gasteiger partial charge < -0.3 is 15.4 Å². The Morgan fingerprint density at radius 1 is 1.24 bits per heavy atom. The largest absolute Gasteiger partial charge is 0.444 e. The molecule has 0 spiro atoms. The molecule has 2 N–H and O–H groups in total. The van der Waals surface area contributed by atoms with Crippen LogP contribution >= 0.6 is 0 Å². The highest BCUT2D eigenvalue weighted by Crippen LogP contribution is 2.28. The molecule has 1 heterocycles. The van der Waals surface area contributed by atoms with Gasteiger partial charge in [0.05, 0.1) is 11.1 Å². The molecule has 1 aromatic carbocycles. The van der Waals surface area contributed by atoms with Gasteiger partial charge in [0.2, 0.25) is 0 Å². The van der Waals surface area contributed by atoms with E-state index in [2.05, 4.69) is 0 Å². The Hall–Kier alpha value is -2.31. The van der Waals surface area contributed by atoms with E-state index in [1.807, 2.05) is 39.5 Å². The van der Waals surface area contributed by atoms with E-state index in [0.29, 0.717) is 25.3 Å². The van der Waals surface area contributed by atoms with Crippen LogP contribution in [0.4, 0.5) is 14.9 Å². The van der Waals surface area contributed by atoms with Crippen LogP contribution < -0.4 is 10.6 Å². The highest BCUT2D eigenvalue weighted by Gasteiger charge is 2.39. The monoisotopic (exact) mass is 351 g/mol. The summed E-state index contributed by atoms with van der Waals surface area (Å²) in [6.07, 6.45) is -0.354. The minimum atomic E-state index is -0.792. The number of piperazine rings is 1. The van der Waals surface area contributed by atoms with Gasteiger partial charge >= 0.3 is 6.09 Å². The second-order valence-electron chi connectivity index (χ2n) is 7.89. The van der Waals surface area contributed by atoms with Gasteiger partial charge in [-0.15, -0.1) is 0 Å². The summed E-state index contributed by atoms with van der Waals surface area (Å²) in [5, 5.41) is 0. The zero-order valence-electron chi connectivity index (χ0n) is 15.4. The summed E-state index contributed by atoms with van der Waals surface area (Å²) in [6.45, 7) is 10.9. The molecule has 1 aromatic rings. The van der Waals surface area contributed by atoms with Crippen molar-refractivity contribution in [2.24, 2.45) is 5.73 Å². The van der Waals surface area contributed by atoms with Gasteiger partial charge in [-0.05, 0) is 52.8 Å². The van der Waals surface area contributed by atoms with Gasteiger partial charge in [0.15, 0.2) is 0 Å². The normalized spacial score (nSPS) is 17.4. The summed E-state index contributed by atoms with van der Waals surface area (Å²) in [6, 6.07) is 4.36. The molecule has 0 aromatic heterocycles. The van der Waals surface area contributed by atoms with Gasteiger partial charge in [-0.25, -0.2) is 9.18 Å². The number of ether oxygens (including phenoxy) is 1. The molecule has 1 aliphatic heterocycles. The van der Waals surface area contributed by atoms with Gasteiger partial charge in [-0.2, -0.15) is 0 Å². The molecule has 6 nitrogen and oxygen atoms in total. The number of carbonyl (C=O) groups is 2. The maximum absolute atomic E-state index is 14.0. The molecule has 1 aliphatic rings. The number of primary amides is 1. The number of nitrogens with zero attached hydrogens (tertiary/aromatic N) is 2. The SMILES string of the molecule is CC(C)(C)OC(=O)N1CCN(c2ccc(C(N)=O)c(F)c2)CC1(C)C. The predicted octanol–water partition coefficient (Wildman–Crippen LogP) is 2.76. The van der Waals surface area contributed by atoms with Crippen molar-refractivity contribution in [3.05, 3.63) is 29.6 Å². The van der Waals surface area contributed by atoms with Gasteiger partial charge in [-0.1, -0.05) is 0 Å². The molecular weight excluding hydrogens is 325 g/mol.